The normalized spacial score (nSPS) is 13.7. The number of benzene rings is 2. The van der Waals surface area contributed by atoms with Gasteiger partial charge in [-0.1, -0.05) is 75.7 Å². The van der Waals surface area contributed by atoms with Crippen molar-refractivity contribution in [2.45, 2.75) is 47.0 Å². The SMILES string of the molecule is Cc1ccc2c(c1-c1ccccc1C(C)C)C=C(C(C)C)C2. The van der Waals surface area contributed by atoms with Crippen LogP contribution in [-0.2, 0) is 6.42 Å². The molecular formula is C22H26. The first-order valence-electron chi connectivity index (χ1n) is 8.41. The number of rotatable bonds is 3. The summed E-state index contributed by atoms with van der Waals surface area (Å²) in [6.45, 7) is 11.4. The van der Waals surface area contributed by atoms with Crippen LogP contribution < -0.4 is 0 Å². The van der Waals surface area contributed by atoms with E-state index >= 15 is 0 Å². The second kappa shape index (κ2) is 5.76. The summed E-state index contributed by atoms with van der Waals surface area (Å²) in [4.78, 5) is 0. The first kappa shape index (κ1) is 15.1. The zero-order valence-corrected chi connectivity index (χ0v) is 14.4. The zero-order valence-electron chi connectivity index (χ0n) is 14.4. The van der Waals surface area contributed by atoms with E-state index in [0.717, 1.165) is 6.42 Å². The van der Waals surface area contributed by atoms with E-state index in [1.807, 2.05) is 0 Å². The molecule has 0 aliphatic heterocycles. The van der Waals surface area contributed by atoms with Crippen molar-refractivity contribution in [3.05, 3.63) is 64.2 Å². The molecule has 0 spiro atoms. The highest BCUT2D eigenvalue weighted by molar-refractivity contribution is 5.84. The molecule has 3 rings (SSSR count). The van der Waals surface area contributed by atoms with Gasteiger partial charge in [-0.2, -0.15) is 0 Å². The first-order chi connectivity index (χ1) is 10.5. The molecule has 0 aromatic heterocycles. The summed E-state index contributed by atoms with van der Waals surface area (Å²) in [6, 6.07) is 13.5. The molecule has 2 aromatic carbocycles. The lowest BCUT2D eigenvalue weighted by atomic mass is 9.87. The van der Waals surface area contributed by atoms with Crippen LogP contribution in [0.1, 0.15) is 55.9 Å². The number of fused-ring (bicyclic) bond motifs is 1. The number of aryl methyl sites for hydroxylation is 1. The van der Waals surface area contributed by atoms with Crippen molar-refractivity contribution in [1.29, 1.82) is 0 Å². The predicted molar refractivity (Wildman–Crippen MR) is 97.2 cm³/mol. The minimum atomic E-state index is 0.543. The quantitative estimate of drug-likeness (QED) is 0.615. The molecule has 114 valence electrons. The van der Waals surface area contributed by atoms with E-state index in [1.54, 1.807) is 5.57 Å². The van der Waals surface area contributed by atoms with Crippen LogP contribution in [0.3, 0.4) is 0 Å². The lowest BCUT2D eigenvalue weighted by molar-refractivity contribution is 0.754. The van der Waals surface area contributed by atoms with Crippen LogP contribution in [0, 0.1) is 12.8 Å². The van der Waals surface area contributed by atoms with Gasteiger partial charge in [-0.25, -0.2) is 0 Å². The van der Waals surface area contributed by atoms with Crippen LogP contribution in [0.25, 0.3) is 17.2 Å². The van der Waals surface area contributed by atoms with Gasteiger partial charge in [-0.15, -0.1) is 0 Å². The van der Waals surface area contributed by atoms with Gasteiger partial charge in [0.1, 0.15) is 0 Å². The van der Waals surface area contributed by atoms with Crippen LogP contribution >= 0.6 is 0 Å². The molecule has 0 heterocycles. The highest BCUT2D eigenvalue weighted by Crippen LogP contribution is 2.40. The first-order valence-corrected chi connectivity index (χ1v) is 8.41. The summed E-state index contributed by atoms with van der Waals surface area (Å²) in [7, 11) is 0. The molecule has 1 aliphatic carbocycles. The Labute approximate surface area is 134 Å². The maximum atomic E-state index is 2.44. The van der Waals surface area contributed by atoms with Gasteiger partial charge in [-0.3, -0.25) is 0 Å². The molecule has 0 amide bonds. The molecule has 0 heteroatoms. The molecule has 0 nitrogen and oxygen atoms in total. The van der Waals surface area contributed by atoms with Crippen molar-refractivity contribution in [2.75, 3.05) is 0 Å². The number of hydrogen-bond acceptors (Lipinski definition) is 0. The summed E-state index contributed by atoms with van der Waals surface area (Å²) < 4.78 is 0. The molecule has 0 saturated heterocycles. The van der Waals surface area contributed by atoms with E-state index in [1.165, 1.54) is 33.4 Å². The van der Waals surface area contributed by atoms with Crippen molar-refractivity contribution < 1.29 is 0 Å². The third-order valence-corrected chi connectivity index (χ3v) is 4.86. The molecule has 0 bridgehead atoms. The maximum absolute atomic E-state index is 2.44. The summed E-state index contributed by atoms with van der Waals surface area (Å²) in [6.07, 6.45) is 3.56. The second-order valence-electron chi connectivity index (χ2n) is 7.12. The highest BCUT2D eigenvalue weighted by atomic mass is 14.3. The number of hydrogen-bond donors (Lipinski definition) is 0. The van der Waals surface area contributed by atoms with Crippen molar-refractivity contribution in [3.63, 3.8) is 0 Å². The summed E-state index contributed by atoms with van der Waals surface area (Å²) in [5, 5.41) is 0. The van der Waals surface area contributed by atoms with Crippen molar-refractivity contribution in [1.82, 2.24) is 0 Å². The molecule has 2 aromatic rings. The standard InChI is InChI=1S/C22H26/c1-14(2)18-12-17-11-10-16(5)22(21(17)13-18)20-9-7-6-8-19(20)15(3)4/h6-11,13-15H,12H2,1-5H3. The predicted octanol–water partition coefficient (Wildman–Crippen LogP) is 6.38. The largest absolute Gasteiger partial charge is 0.0626 e. The van der Waals surface area contributed by atoms with E-state index in [9.17, 15) is 0 Å². The lowest BCUT2D eigenvalue weighted by Gasteiger charge is -2.17. The smallest absolute Gasteiger partial charge is 0.00550 e. The Balaban J connectivity index is 2.24. The van der Waals surface area contributed by atoms with Gasteiger partial charge in [-0.05, 0) is 58.6 Å². The van der Waals surface area contributed by atoms with Crippen LogP contribution in [0.5, 0.6) is 0 Å². The van der Waals surface area contributed by atoms with Gasteiger partial charge < -0.3 is 0 Å². The molecular weight excluding hydrogens is 264 g/mol. The van der Waals surface area contributed by atoms with Gasteiger partial charge in [0.25, 0.3) is 0 Å². The van der Waals surface area contributed by atoms with E-state index in [-0.39, 0.29) is 0 Å². The number of allylic oxidation sites excluding steroid dienone is 1. The van der Waals surface area contributed by atoms with Crippen LogP contribution in [0.2, 0.25) is 0 Å². The van der Waals surface area contributed by atoms with Crippen LogP contribution in [-0.4, -0.2) is 0 Å². The molecule has 22 heavy (non-hydrogen) atoms. The van der Waals surface area contributed by atoms with Gasteiger partial charge in [0.15, 0.2) is 0 Å². The fraction of sp³-hybridized carbons (Fsp3) is 0.364. The minimum absolute atomic E-state index is 0.543. The Bertz CT molecular complexity index is 730. The zero-order chi connectivity index (χ0) is 15.9. The van der Waals surface area contributed by atoms with Crippen molar-refractivity contribution in [3.8, 4) is 11.1 Å². The van der Waals surface area contributed by atoms with E-state index < -0.39 is 0 Å². The van der Waals surface area contributed by atoms with Crippen LogP contribution in [0.4, 0.5) is 0 Å². The average Bonchev–Trinajstić information content (AvgIpc) is 2.91. The van der Waals surface area contributed by atoms with Gasteiger partial charge >= 0.3 is 0 Å². The molecule has 0 saturated carbocycles. The lowest BCUT2D eigenvalue weighted by Crippen LogP contribution is -1.97. The van der Waals surface area contributed by atoms with Gasteiger partial charge in [0.05, 0.1) is 0 Å². The van der Waals surface area contributed by atoms with Crippen LogP contribution in [0.15, 0.2) is 42.0 Å². The summed E-state index contributed by atoms with van der Waals surface area (Å²) >= 11 is 0. The van der Waals surface area contributed by atoms with E-state index in [0.29, 0.717) is 11.8 Å². The maximum Gasteiger partial charge on any atom is -0.00550 e. The van der Waals surface area contributed by atoms with E-state index in [4.69, 9.17) is 0 Å². The third kappa shape index (κ3) is 2.52. The molecule has 0 N–H and O–H groups in total. The van der Waals surface area contributed by atoms with Gasteiger partial charge in [0, 0.05) is 0 Å². The Morgan fingerprint density at radius 3 is 2.27 bits per heavy atom. The van der Waals surface area contributed by atoms with Crippen molar-refractivity contribution >= 4 is 6.08 Å². The molecule has 0 fully saturated rings. The fourth-order valence-corrected chi connectivity index (χ4v) is 3.50. The molecule has 0 atom stereocenters. The van der Waals surface area contributed by atoms with E-state index in [2.05, 4.69) is 77.1 Å². The minimum Gasteiger partial charge on any atom is -0.0626 e. The van der Waals surface area contributed by atoms with Gasteiger partial charge in [0.2, 0.25) is 0 Å². The highest BCUT2D eigenvalue weighted by Gasteiger charge is 2.21. The topological polar surface area (TPSA) is 0 Å². The average molecular weight is 290 g/mol. The van der Waals surface area contributed by atoms with Crippen molar-refractivity contribution in [2.24, 2.45) is 5.92 Å². The fourth-order valence-electron chi connectivity index (χ4n) is 3.50. The monoisotopic (exact) mass is 290 g/mol. The summed E-state index contributed by atoms with van der Waals surface area (Å²) in [5.41, 5.74) is 10.2. The molecule has 0 radical (unpaired) electrons. The Hall–Kier alpha value is -1.82. The Kier molecular flexibility index (Phi) is 3.95. The summed E-state index contributed by atoms with van der Waals surface area (Å²) in [5.74, 6) is 1.17. The Morgan fingerprint density at radius 1 is 0.864 bits per heavy atom. The molecule has 1 aliphatic rings. The molecule has 0 unspecified atom stereocenters. The Morgan fingerprint density at radius 2 is 1.59 bits per heavy atom. The third-order valence-electron chi connectivity index (χ3n) is 4.86. The second-order valence-corrected chi connectivity index (χ2v) is 7.12.